The van der Waals surface area contributed by atoms with E-state index >= 15 is 0 Å². The zero-order valence-corrected chi connectivity index (χ0v) is 18.8. The monoisotopic (exact) mass is 435 g/mol. The molecule has 0 saturated carbocycles. The van der Waals surface area contributed by atoms with Gasteiger partial charge in [0, 0.05) is 30.0 Å². The lowest BCUT2D eigenvalue weighted by Crippen LogP contribution is -2.49. The van der Waals surface area contributed by atoms with Gasteiger partial charge in [0.05, 0.1) is 5.69 Å². The van der Waals surface area contributed by atoms with Crippen molar-refractivity contribution in [2.45, 2.75) is 39.7 Å². The molecule has 1 fully saturated rings. The molecule has 1 unspecified atom stereocenters. The number of amides is 2. The number of anilines is 3. The number of piperidine rings is 1. The van der Waals surface area contributed by atoms with Crippen LogP contribution in [0, 0.1) is 5.92 Å². The van der Waals surface area contributed by atoms with Crippen molar-refractivity contribution in [3.8, 4) is 5.75 Å². The second kappa shape index (κ2) is 9.02. The van der Waals surface area contributed by atoms with E-state index < -0.39 is 6.04 Å². The maximum Gasteiger partial charge on any atom is 0.265 e. The number of carbonyl (C=O) groups excluding carboxylic acids is 3. The van der Waals surface area contributed by atoms with Gasteiger partial charge in [-0.25, -0.2) is 0 Å². The Labute approximate surface area is 188 Å². The van der Waals surface area contributed by atoms with Crippen LogP contribution in [-0.2, 0) is 9.59 Å². The molecule has 7 nitrogen and oxygen atoms in total. The van der Waals surface area contributed by atoms with Crippen LogP contribution < -0.4 is 19.9 Å². The summed E-state index contributed by atoms with van der Waals surface area (Å²) in [5.41, 5.74) is 2.72. The molecule has 168 valence electrons. The van der Waals surface area contributed by atoms with Crippen molar-refractivity contribution in [1.82, 2.24) is 0 Å². The Morgan fingerprint density at radius 2 is 1.78 bits per heavy atom. The Morgan fingerprint density at radius 3 is 2.44 bits per heavy atom. The van der Waals surface area contributed by atoms with Crippen molar-refractivity contribution < 1.29 is 19.1 Å². The average molecular weight is 436 g/mol. The fourth-order valence-corrected chi connectivity index (χ4v) is 4.20. The molecule has 1 atom stereocenters. The van der Waals surface area contributed by atoms with E-state index in [1.807, 2.05) is 24.3 Å². The minimum absolute atomic E-state index is 0.119. The summed E-state index contributed by atoms with van der Waals surface area (Å²) in [5.74, 6) is 0.501. The van der Waals surface area contributed by atoms with E-state index in [1.165, 1.54) is 24.7 Å². The molecule has 2 aromatic carbocycles. The summed E-state index contributed by atoms with van der Waals surface area (Å²) in [6.45, 7) is 7.37. The van der Waals surface area contributed by atoms with Gasteiger partial charge in [-0.2, -0.15) is 0 Å². The molecular formula is C25H29N3O4. The van der Waals surface area contributed by atoms with E-state index in [4.69, 9.17) is 4.74 Å². The van der Waals surface area contributed by atoms with Crippen LogP contribution in [0.4, 0.5) is 17.1 Å². The van der Waals surface area contributed by atoms with E-state index in [1.54, 1.807) is 25.1 Å². The average Bonchev–Trinajstić information content (AvgIpc) is 2.79. The van der Waals surface area contributed by atoms with Gasteiger partial charge in [-0.3, -0.25) is 19.3 Å². The molecule has 0 radical (unpaired) electrons. The normalized spacial score (nSPS) is 17.4. The number of hydrogen-bond donors (Lipinski definition) is 1. The number of ether oxygens (including phenoxy) is 1. The highest BCUT2D eigenvalue weighted by molar-refractivity contribution is 6.08. The summed E-state index contributed by atoms with van der Waals surface area (Å²) in [5, 5.41) is 2.91. The first-order chi connectivity index (χ1) is 15.3. The third-order valence-electron chi connectivity index (χ3n) is 6.30. The van der Waals surface area contributed by atoms with Gasteiger partial charge in [-0.05, 0) is 75.1 Å². The maximum atomic E-state index is 13.0. The molecule has 7 heteroatoms. The number of Topliss-reactive ketones (excluding diaryl/α,β-unsaturated/α-hetero) is 1. The summed E-state index contributed by atoms with van der Waals surface area (Å²) < 4.78 is 5.49. The highest BCUT2D eigenvalue weighted by Gasteiger charge is 2.33. The molecule has 1 saturated heterocycles. The van der Waals surface area contributed by atoms with Crippen molar-refractivity contribution >= 4 is 34.7 Å². The van der Waals surface area contributed by atoms with E-state index in [-0.39, 0.29) is 24.2 Å². The number of carbonyl (C=O) groups is 3. The molecule has 1 N–H and O–H groups in total. The van der Waals surface area contributed by atoms with E-state index in [0.717, 1.165) is 24.7 Å². The van der Waals surface area contributed by atoms with Crippen LogP contribution in [0.3, 0.4) is 0 Å². The second-order valence-electron chi connectivity index (χ2n) is 8.67. The molecule has 4 rings (SSSR count). The molecule has 32 heavy (non-hydrogen) atoms. The molecule has 2 aromatic rings. The lowest BCUT2D eigenvalue weighted by molar-refractivity contribution is -0.125. The minimum atomic E-state index is -0.768. The van der Waals surface area contributed by atoms with Gasteiger partial charge in [0.1, 0.15) is 11.8 Å². The number of hydrogen-bond acceptors (Lipinski definition) is 5. The Morgan fingerprint density at radius 1 is 1.09 bits per heavy atom. The smallest absolute Gasteiger partial charge is 0.265 e. The first-order valence-corrected chi connectivity index (χ1v) is 11.1. The van der Waals surface area contributed by atoms with E-state index in [2.05, 4.69) is 17.1 Å². The quantitative estimate of drug-likeness (QED) is 0.721. The number of fused-ring (bicyclic) bond motifs is 1. The largest absolute Gasteiger partial charge is 0.482 e. The molecule has 0 aliphatic carbocycles. The lowest BCUT2D eigenvalue weighted by Gasteiger charge is -2.33. The Kier molecular flexibility index (Phi) is 6.17. The van der Waals surface area contributed by atoms with Crippen molar-refractivity contribution in [1.29, 1.82) is 0 Å². The molecular weight excluding hydrogens is 406 g/mol. The molecule has 0 aromatic heterocycles. The van der Waals surface area contributed by atoms with Crippen LogP contribution in [-0.4, -0.2) is 43.3 Å². The molecule has 2 aliphatic rings. The van der Waals surface area contributed by atoms with Crippen LogP contribution in [0.25, 0.3) is 0 Å². The number of ketones is 1. The van der Waals surface area contributed by atoms with E-state index in [9.17, 15) is 14.4 Å². The summed E-state index contributed by atoms with van der Waals surface area (Å²) in [6, 6.07) is 12.0. The van der Waals surface area contributed by atoms with Gasteiger partial charge < -0.3 is 15.0 Å². The van der Waals surface area contributed by atoms with Crippen molar-refractivity contribution in [3.05, 3.63) is 48.0 Å². The van der Waals surface area contributed by atoms with E-state index in [0.29, 0.717) is 22.7 Å². The van der Waals surface area contributed by atoms with Gasteiger partial charge in [-0.1, -0.05) is 6.92 Å². The van der Waals surface area contributed by atoms with Gasteiger partial charge in [0.15, 0.2) is 12.4 Å². The van der Waals surface area contributed by atoms with Crippen LogP contribution >= 0.6 is 0 Å². The molecule has 2 heterocycles. The highest BCUT2D eigenvalue weighted by atomic mass is 16.5. The van der Waals surface area contributed by atoms with Gasteiger partial charge in [-0.15, -0.1) is 0 Å². The summed E-state index contributed by atoms with van der Waals surface area (Å²) in [7, 11) is 0. The first kappa shape index (κ1) is 21.9. The fourth-order valence-electron chi connectivity index (χ4n) is 4.20. The van der Waals surface area contributed by atoms with Crippen LogP contribution in [0.1, 0.15) is 44.0 Å². The Balaban J connectivity index is 1.48. The highest BCUT2D eigenvalue weighted by Crippen LogP contribution is 2.35. The second-order valence-corrected chi connectivity index (χ2v) is 8.67. The minimum Gasteiger partial charge on any atom is -0.482 e. The van der Waals surface area contributed by atoms with Crippen molar-refractivity contribution in [2.75, 3.05) is 34.8 Å². The summed E-state index contributed by atoms with van der Waals surface area (Å²) in [6.07, 6.45) is 2.38. The third kappa shape index (κ3) is 4.47. The zero-order chi connectivity index (χ0) is 22.8. The molecule has 2 amide bonds. The topological polar surface area (TPSA) is 79.0 Å². The maximum absolute atomic E-state index is 13.0. The summed E-state index contributed by atoms with van der Waals surface area (Å²) in [4.78, 5) is 41.2. The summed E-state index contributed by atoms with van der Waals surface area (Å²) >= 11 is 0. The Hall–Kier alpha value is -3.35. The van der Waals surface area contributed by atoms with Crippen molar-refractivity contribution in [2.24, 2.45) is 5.92 Å². The first-order valence-electron chi connectivity index (χ1n) is 11.1. The number of nitrogens with one attached hydrogen (secondary N) is 1. The predicted molar refractivity (Wildman–Crippen MR) is 125 cm³/mol. The van der Waals surface area contributed by atoms with Crippen LogP contribution in [0.2, 0.25) is 0 Å². The van der Waals surface area contributed by atoms with Gasteiger partial charge >= 0.3 is 0 Å². The molecule has 0 spiro atoms. The van der Waals surface area contributed by atoms with Crippen LogP contribution in [0.15, 0.2) is 42.5 Å². The van der Waals surface area contributed by atoms with Gasteiger partial charge in [0.25, 0.3) is 5.91 Å². The van der Waals surface area contributed by atoms with Crippen LogP contribution in [0.5, 0.6) is 5.75 Å². The SMILES string of the molecule is CC(=O)c1ccc2c(c1)N(C(C)C(=O)Nc1ccc(N3CCC(C)CC3)cc1)C(=O)CO2. The number of nitrogens with zero attached hydrogens (tertiary/aromatic N) is 2. The Bertz CT molecular complexity index is 1030. The third-order valence-corrected chi connectivity index (χ3v) is 6.30. The fraction of sp³-hybridized carbons (Fsp3) is 0.400. The number of rotatable bonds is 5. The van der Waals surface area contributed by atoms with Gasteiger partial charge in [0.2, 0.25) is 5.91 Å². The van der Waals surface area contributed by atoms with Crippen molar-refractivity contribution in [3.63, 3.8) is 0 Å². The molecule has 0 bridgehead atoms. The predicted octanol–water partition coefficient (Wildman–Crippen LogP) is 3.88. The molecule has 2 aliphatic heterocycles. The standard InChI is InChI=1S/C25H29N3O4/c1-16-10-12-27(13-11-16)21-7-5-20(6-8-21)26-25(31)17(2)28-22-14-19(18(3)29)4-9-23(22)32-15-24(28)30/h4-9,14,16-17H,10-13,15H2,1-3H3,(H,26,31). The lowest BCUT2D eigenvalue weighted by atomic mass is 9.99. The zero-order valence-electron chi connectivity index (χ0n) is 18.8. The number of benzene rings is 2.